The van der Waals surface area contributed by atoms with Crippen molar-refractivity contribution in [2.75, 3.05) is 6.61 Å². The minimum absolute atomic E-state index is 0.190. The van der Waals surface area contributed by atoms with Crippen LogP contribution in [0.5, 0.6) is 0 Å². The monoisotopic (exact) mass is 456 g/mol. The van der Waals surface area contributed by atoms with Crippen LogP contribution in [0.3, 0.4) is 0 Å². The predicted octanol–water partition coefficient (Wildman–Crippen LogP) is 2.98. The summed E-state index contributed by atoms with van der Waals surface area (Å²) in [5.74, 6) is -0.637. The number of esters is 1. The first-order valence-corrected chi connectivity index (χ1v) is 10.4. The second kappa shape index (κ2) is 7.21. The normalized spacial score (nSPS) is 31.1. The van der Waals surface area contributed by atoms with Gasteiger partial charge in [-0.05, 0) is 32.6 Å². The highest BCUT2D eigenvalue weighted by Gasteiger charge is 2.63. The zero-order valence-electron chi connectivity index (χ0n) is 14.7. The molecular formula is C16H19Cl3N2O5S. The molecule has 27 heavy (non-hydrogen) atoms. The largest absolute Gasteiger partial charge is 0.460 e. The summed E-state index contributed by atoms with van der Waals surface area (Å²) in [5.41, 5.74) is 0.273. The molecule has 1 saturated carbocycles. The van der Waals surface area contributed by atoms with Gasteiger partial charge in [0.1, 0.15) is 24.1 Å². The molecule has 3 aliphatic rings. The molecule has 0 aromatic rings. The van der Waals surface area contributed by atoms with E-state index in [9.17, 15) is 14.4 Å². The SMILES string of the molecule is C=C1N2C(=O)C(NC(=O)OC(C)C3CC3)[C@H]2SC1(C)C(=O)OCC(Cl)(Cl)Cl. The fraction of sp³-hybridized carbons (Fsp3) is 0.688. The summed E-state index contributed by atoms with van der Waals surface area (Å²) in [4.78, 5) is 38.3. The molecule has 1 aliphatic carbocycles. The van der Waals surface area contributed by atoms with E-state index in [-0.39, 0.29) is 17.7 Å². The summed E-state index contributed by atoms with van der Waals surface area (Å²) < 4.78 is 7.39. The Morgan fingerprint density at radius 3 is 2.63 bits per heavy atom. The number of nitrogens with zero attached hydrogens (tertiary/aromatic N) is 1. The number of nitrogens with one attached hydrogen (secondary N) is 1. The van der Waals surface area contributed by atoms with Gasteiger partial charge in [-0.2, -0.15) is 0 Å². The molecule has 2 aliphatic heterocycles. The molecule has 0 aromatic heterocycles. The summed E-state index contributed by atoms with van der Waals surface area (Å²) in [7, 11) is 0. The van der Waals surface area contributed by atoms with Crippen LogP contribution in [-0.4, -0.2) is 55.5 Å². The number of alkyl carbamates (subject to hydrolysis) is 1. The van der Waals surface area contributed by atoms with Gasteiger partial charge in [0.05, 0.1) is 0 Å². The van der Waals surface area contributed by atoms with Gasteiger partial charge in [-0.25, -0.2) is 4.79 Å². The molecule has 0 radical (unpaired) electrons. The van der Waals surface area contributed by atoms with Gasteiger partial charge in [-0.3, -0.25) is 14.5 Å². The molecule has 2 heterocycles. The Bertz CT molecular complexity index is 696. The summed E-state index contributed by atoms with van der Waals surface area (Å²) in [5, 5.41) is 2.10. The van der Waals surface area contributed by atoms with Gasteiger partial charge in [-0.1, -0.05) is 41.4 Å². The Kier molecular flexibility index (Phi) is 5.58. The van der Waals surface area contributed by atoms with Crippen LogP contribution in [0, 0.1) is 5.92 Å². The van der Waals surface area contributed by atoms with E-state index in [0.29, 0.717) is 5.92 Å². The number of fused-ring (bicyclic) bond motifs is 1. The van der Waals surface area contributed by atoms with Gasteiger partial charge in [0.25, 0.3) is 5.91 Å². The Hall–Kier alpha value is -0.830. The van der Waals surface area contributed by atoms with E-state index in [0.717, 1.165) is 24.6 Å². The Morgan fingerprint density at radius 2 is 2.07 bits per heavy atom. The molecule has 3 rings (SSSR count). The maximum atomic E-state index is 12.5. The zero-order valence-corrected chi connectivity index (χ0v) is 17.8. The van der Waals surface area contributed by atoms with Gasteiger partial charge < -0.3 is 14.8 Å². The van der Waals surface area contributed by atoms with Crippen LogP contribution >= 0.6 is 46.6 Å². The van der Waals surface area contributed by atoms with Crippen molar-refractivity contribution < 1.29 is 23.9 Å². The molecule has 7 nitrogen and oxygen atoms in total. The van der Waals surface area contributed by atoms with Crippen molar-refractivity contribution in [1.29, 1.82) is 0 Å². The van der Waals surface area contributed by atoms with Crippen molar-refractivity contribution in [3.8, 4) is 0 Å². The number of carbonyl (C=O) groups excluding carboxylic acids is 3. The molecule has 4 atom stereocenters. The minimum atomic E-state index is -1.74. The topological polar surface area (TPSA) is 84.9 Å². The fourth-order valence-corrected chi connectivity index (χ4v) is 4.68. The number of hydrogen-bond donors (Lipinski definition) is 1. The van der Waals surface area contributed by atoms with Crippen LogP contribution in [0.2, 0.25) is 0 Å². The first-order chi connectivity index (χ1) is 12.4. The number of halogens is 3. The van der Waals surface area contributed by atoms with Crippen molar-refractivity contribution in [1.82, 2.24) is 10.2 Å². The lowest BCUT2D eigenvalue weighted by atomic mass is 10.0. The highest BCUT2D eigenvalue weighted by molar-refractivity contribution is 8.02. The van der Waals surface area contributed by atoms with Crippen LogP contribution < -0.4 is 5.32 Å². The van der Waals surface area contributed by atoms with Gasteiger partial charge in [-0.15, -0.1) is 11.8 Å². The Labute approximate surface area is 176 Å². The summed E-state index contributed by atoms with van der Waals surface area (Å²) in [6.07, 6.45) is 1.24. The number of hydrogen-bond acceptors (Lipinski definition) is 6. The van der Waals surface area contributed by atoms with E-state index < -0.39 is 38.6 Å². The lowest BCUT2D eigenvalue weighted by Gasteiger charge is -2.41. The van der Waals surface area contributed by atoms with E-state index in [2.05, 4.69) is 11.9 Å². The number of amides is 2. The van der Waals surface area contributed by atoms with E-state index in [1.54, 1.807) is 6.92 Å². The van der Waals surface area contributed by atoms with Crippen LogP contribution in [0.15, 0.2) is 12.3 Å². The highest BCUT2D eigenvalue weighted by Crippen LogP contribution is 2.53. The third-order valence-corrected chi connectivity index (χ3v) is 6.78. The molecule has 2 amide bonds. The number of β-lactam (4-membered cyclic amide) rings is 1. The second-order valence-corrected chi connectivity index (χ2v) is 11.0. The molecule has 0 spiro atoms. The van der Waals surface area contributed by atoms with Crippen LogP contribution in [0.1, 0.15) is 26.7 Å². The van der Waals surface area contributed by atoms with Crippen molar-refractivity contribution in [2.24, 2.45) is 5.92 Å². The molecule has 0 aromatic carbocycles. The van der Waals surface area contributed by atoms with E-state index in [1.165, 1.54) is 4.90 Å². The third-order valence-electron chi connectivity index (χ3n) is 4.85. The first-order valence-electron chi connectivity index (χ1n) is 8.35. The van der Waals surface area contributed by atoms with Crippen LogP contribution in [0.25, 0.3) is 0 Å². The molecule has 2 saturated heterocycles. The van der Waals surface area contributed by atoms with Crippen LogP contribution in [-0.2, 0) is 19.1 Å². The zero-order chi connectivity index (χ0) is 20.1. The molecule has 3 unspecified atom stereocenters. The number of ether oxygens (including phenoxy) is 2. The van der Waals surface area contributed by atoms with E-state index in [1.807, 2.05) is 6.92 Å². The molecule has 0 bridgehead atoms. The Balaban J connectivity index is 1.60. The van der Waals surface area contributed by atoms with Crippen LogP contribution in [0.4, 0.5) is 4.79 Å². The number of carbonyl (C=O) groups is 3. The van der Waals surface area contributed by atoms with Crippen molar-refractivity contribution >= 4 is 64.5 Å². The summed E-state index contributed by atoms with van der Waals surface area (Å²) in [6, 6.07) is -0.798. The summed E-state index contributed by atoms with van der Waals surface area (Å²) >= 11 is 18.0. The maximum Gasteiger partial charge on any atom is 0.408 e. The quantitative estimate of drug-likeness (QED) is 0.388. The second-order valence-electron chi connectivity index (χ2n) is 6.96. The van der Waals surface area contributed by atoms with Crippen molar-refractivity contribution in [3.05, 3.63) is 12.3 Å². The summed E-state index contributed by atoms with van der Waals surface area (Å²) in [6.45, 7) is 6.82. The van der Waals surface area contributed by atoms with Crippen molar-refractivity contribution in [2.45, 2.75) is 52.7 Å². The Morgan fingerprint density at radius 1 is 1.44 bits per heavy atom. The standard InChI is InChI=1S/C16H19Cl3N2O5S/c1-7(9-4-5-9)26-14(24)20-10-11(22)21-8(2)15(3,27-12(10)21)13(23)25-6-16(17,18)19/h7,9-10,12H,2,4-6H2,1,3H3,(H,20,24)/t7?,10?,12-,15?/m1/s1. The molecule has 150 valence electrons. The third kappa shape index (κ3) is 4.13. The smallest absolute Gasteiger partial charge is 0.408 e. The van der Waals surface area contributed by atoms with Gasteiger partial charge >= 0.3 is 12.1 Å². The van der Waals surface area contributed by atoms with E-state index >= 15 is 0 Å². The van der Waals surface area contributed by atoms with Gasteiger partial charge in [0.15, 0.2) is 4.75 Å². The minimum Gasteiger partial charge on any atom is -0.460 e. The molecule has 3 fully saturated rings. The molecule has 1 N–H and O–H groups in total. The lowest BCUT2D eigenvalue weighted by molar-refractivity contribution is -0.146. The average Bonchev–Trinajstić information content (AvgIpc) is 3.37. The number of thioether (sulfide) groups is 1. The van der Waals surface area contributed by atoms with E-state index in [4.69, 9.17) is 44.3 Å². The van der Waals surface area contributed by atoms with Crippen molar-refractivity contribution in [3.63, 3.8) is 0 Å². The number of rotatable bonds is 5. The molecule has 11 heteroatoms. The molecular weight excluding hydrogens is 439 g/mol. The number of alkyl halides is 3. The first kappa shape index (κ1) is 20.9. The predicted molar refractivity (Wildman–Crippen MR) is 103 cm³/mol. The highest BCUT2D eigenvalue weighted by atomic mass is 35.6. The van der Waals surface area contributed by atoms with Gasteiger partial charge in [0.2, 0.25) is 3.79 Å². The average molecular weight is 458 g/mol. The fourth-order valence-electron chi connectivity index (χ4n) is 2.99. The maximum absolute atomic E-state index is 12.5. The lowest BCUT2D eigenvalue weighted by Crippen LogP contribution is -2.66. The van der Waals surface area contributed by atoms with Gasteiger partial charge in [0, 0.05) is 5.70 Å².